The second-order valence-corrected chi connectivity index (χ2v) is 6.62. The van der Waals surface area contributed by atoms with Crippen LogP contribution < -0.4 is 10.6 Å². The molecule has 2 N–H and O–H groups in total. The third-order valence-corrected chi connectivity index (χ3v) is 4.20. The molecule has 0 saturated carbocycles. The van der Waals surface area contributed by atoms with Crippen molar-refractivity contribution in [3.8, 4) is 0 Å². The minimum Gasteiger partial charge on any atom is -0.355 e. The highest BCUT2D eigenvalue weighted by Gasteiger charge is 2.24. The molecule has 1 aromatic rings. The summed E-state index contributed by atoms with van der Waals surface area (Å²) in [6, 6.07) is 7.13. The largest absolute Gasteiger partial charge is 0.355 e. The highest BCUT2D eigenvalue weighted by atomic mass is 19.1. The van der Waals surface area contributed by atoms with Gasteiger partial charge in [0.2, 0.25) is 0 Å². The van der Waals surface area contributed by atoms with Gasteiger partial charge in [-0.3, -0.25) is 9.89 Å². The summed E-state index contributed by atoms with van der Waals surface area (Å²) in [4.78, 5) is 6.84. The quantitative estimate of drug-likeness (QED) is 0.625. The summed E-state index contributed by atoms with van der Waals surface area (Å²) in [5, 5.41) is 6.70. The van der Waals surface area contributed by atoms with Gasteiger partial charge in [-0.2, -0.15) is 0 Å². The van der Waals surface area contributed by atoms with Gasteiger partial charge in [-0.1, -0.05) is 26.0 Å². The van der Waals surface area contributed by atoms with Crippen LogP contribution in [0.5, 0.6) is 0 Å². The molecule has 23 heavy (non-hydrogen) atoms. The van der Waals surface area contributed by atoms with Crippen LogP contribution in [0, 0.1) is 11.7 Å². The van der Waals surface area contributed by atoms with E-state index >= 15 is 0 Å². The Labute approximate surface area is 139 Å². The van der Waals surface area contributed by atoms with Gasteiger partial charge < -0.3 is 10.6 Å². The molecule has 0 radical (unpaired) electrons. The van der Waals surface area contributed by atoms with Crippen molar-refractivity contribution in [3.63, 3.8) is 0 Å². The van der Waals surface area contributed by atoms with Crippen molar-refractivity contribution in [2.75, 3.05) is 26.7 Å². The van der Waals surface area contributed by atoms with Gasteiger partial charge in [0.1, 0.15) is 5.82 Å². The van der Waals surface area contributed by atoms with E-state index < -0.39 is 0 Å². The van der Waals surface area contributed by atoms with E-state index in [1.807, 2.05) is 0 Å². The number of nitrogens with zero attached hydrogens (tertiary/aromatic N) is 2. The summed E-state index contributed by atoms with van der Waals surface area (Å²) in [5.41, 5.74) is 1.04. The predicted octanol–water partition coefficient (Wildman–Crippen LogP) is 2.61. The van der Waals surface area contributed by atoms with E-state index in [-0.39, 0.29) is 5.82 Å². The lowest BCUT2D eigenvalue weighted by atomic mass is 10.1. The van der Waals surface area contributed by atoms with Crippen molar-refractivity contribution in [1.29, 1.82) is 0 Å². The van der Waals surface area contributed by atoms with Crippen LogP contribution in [0.2, 0.25) is 0 Å². The van der Waals surface area contributed by atoms with Crippen molar-refractivity contribution in [1.82, 2.24) is 15.5 Å². The fraction of sp³-hybridized carbons (Fsp3) is 0.611. The van der Waals surface area contributed by atoms with Crippen LogP contribution in [-0.2, 0) is 6.54 Å². The van der Waals surface area contributed by atoms with Gasteiger partial charge in [-0.25, -0.2) is 4.39 Å². The Bertz CT molecular complexity index is 498. The highest BCUT2D eigenvalue weighted by molar-refractivity contribution is 5.79. The second-order valence-electron chi connectivity index (χ2n) is 6.62. The Morgan fingerprint density at radius 2 is 2.04 bits per heavy atom. The predicted molar refractivity (Wildman–Crippen MR) is 94.0 cm³/mol. The van der Waals surface area contributed by atoms with E-state index in [1.165, 1.54) is 31.5 Å². The molecular formula is C18H29FN4. The summed E-state index contributed by atoms with van der Waals surface area (Å²) < 4.78 is 12.9. The Balaban J connectivity index is 1.77. The topological polar surface area (TPSA) is 39.7 Å². The van der Waals surface area contributed by atoms with Gasteiger partial charge in [0.05, 0.1) is 0 Å². The number of benzene rings is 1. The smallest absolute Gasteiger partial charge is 0.191 e. The fourth-order valence-electron chi connectivity index (χ4n) is 3.06. The second kappa shape index (κ2) is 8.87. The maximum Gasteiger partial charge on any atom is 0.191 e. The van der Waals surface area contributed by atoms with Crippen LogP contribution in [-0.4, -0.2) is 43.6 Å². The normalized spacial score (nSPS) is 19.3. The molecule has 5 heteroatoms. The summed E-state index contributed by atoms with van der Waals surface area (Å²) in [6.07, 6.45) is 2.52. The fourth-order valence-corrected chi connectivity index (χ4v) is 3.06. The molecule has 1 heterocycles. The average molecular weight is 320 g/mol. The third-order valence-electron chi connectivity index (χ3n) is 4.20. The van der Waals surface area contributed by atoms with Gasteiger partial charge in [0.25, 0.3) is 0 Å². The first kappa shape index (κ1) is 17.7. The zero-order valence-electron chi connectivity index (χ0n) is 14.5. The summed E-state index contributed by atoms with van der Waals surface area (Å²) in [6.45, 7) is 8.45. The zero-order chi connectivity index (χ0) is 16.7. The summed E-state index contributed by atoms with van der Waals surface area (Å²) in [5.74, 6) is 1.29. The van der Waals surface area contributed by atoms with Gasteiger partial charge in [0.15, 0.2) is 5.96 Å². The van der Waals surface area contributed by atoms with E-state index in [1.54, 1.807) is 19.2 Å². The van der Waals surface area contributed by atoms with Crippen molar-refractivity contribution >= 4 is 5.96 Å². The first-order valence-electron chi connectivity index (χ1n) is 8.51. The number of hydrogen-bond acceptors (Lipinski definition) is 2. The standard InChI is InChI=1S/C18H29FN4/c1-14(2)13-23-10-4-5-17(23)12-22-18(20-3)21-11-15-6-8-16(19)9-7-15/h6-9,14,17H,4-5,10-13H2,1-3H3,(H2,20,21,22)/t17-/m1/s1. The molecule has 0 bridgehead atoms. The molecule has 1 fully saturated rings. The number of likely N-dealkylation sites (tertiary alicyclic amines) is 1. The minimum absolute atomic E-state index is 0.206. The molecule has 1 aliphatic rings. The molecule has 0 amide bonds. The Hall–Kier alpha value is -1.62. The zero-order valence-corrected chi connectivity index (χ0v) is 14.5. The summed E-state index contributed by atoms with van der Waals surface area (Å²) in [7, 11) is 1.78. The molecule has 0 unspecified atom stereocenters. The molecule has 1 aliphatic heterocycles. The van der Waals surface area contributed by atoms with Gasteiger partial charge in [-0.05, 0) is 43.0 Å². The van der Waals surface area contributed by atoms with E-state index in [2.05, 4.69) is 34.4 Å². The van der Waals surface area contributed by atoms with Crippen LogP contribution in [0.1, 0.15) is 32.3 Å². The molecule has 4 nitrogen and oxygen atoms in total. The van der Waals surface area contributed by atoms with Crippen molar-refractivity contribution in [2.24, 2.45) is 10.9 Å². The first-order chi connectivity index (χ1) is 11.1. The van der Waals surface area contributed by atoms with E-state index in [0.29, 0.717) is 18.5 Å². The van der Waals surface area contributed by atoms with Crippen molar-refractivity contribution in [2.45, 2.75) is 39.3 Å². The maximum atomic E-state index is 12.9. The molecule has 128 valence electrons. The average Bonchev–Trinajstić information content (AvgIpc) is 2.95. The Kier molecular flexibility index (Phi) is 6.84. The summed E-state index contributed by atoms with van der Waals surface area (Å²) >= 11 is 0. The van der Waals surface area contributed by atoms with E-state index in [4.69, 9.17) is 0 Å². The molecule has 1 atom stereocenters. The lowest BCUT2D eigenvalue weighted by molar-refractivity contribution is 0.226. The number of aliphatic imine (C=N–C) groups is 1. The Morgan fingerprint density at radius 3 is 2.70 bits per heavy atom. The minimum atomic E-state index is -0.206. The third kappa shape index (κ3) is 5.82. The van der Waals surface area contributed by atoms with E-state index in [9.17, 15) is 4.39 Å². The van der Waals surface area contributed by atoms with Crippen LogP contribution in [0.3, 0.4) is 0 Å². The first-order valence-corrected chi connectivity index (χ1v) is 8.51. The van der Waals surface area contributed by atoms with Crippen LogP contribution in [0.15, 0.2) is 29.3 Å². The molecule has 0 spiro atoms. The number of hydrogen-bond donors (Lipinski definition) is 2. The molecule has 1 aromatic carbocycles. The molecule has 0 aromatic heterocycles. The number of nitrogens with one attached hydrogen (secondary N) is 2. The van der Waals surface area contributed by atoms with Crippen molar-refractivity contribution in [3.05, 3.63) is 35.6 Å². The number of rotatable bonds is 6. The van der Waals surface area contributed by atoms with Gasteiger partial charge >= 0.3 is 0 Å². The lowest BCUT2D eigenvalue weighted by Crippen LogP contribution is -2.45. The van der Waals surface area contributed by atoms with Crippen molar-refractivity contribution < 1.29 is 4.39 Å². The SMILES string of the molecule is CN=C(NCc1ccc(F)cc1)NC[C@H]1CCCN1CC(C)C. The van der Waals surface area contributed by atoms with Gasteiger partial charge in [0, 0.05) is 32.7 Å². The highest BCUT2D eigenvalue weighted by Crippen LogP contribution is 2.17. The van der Waals surface area contributed by atoms with E-state index in [0.717, 1.165) is 24.6 Å². The van der Waals surface area contributed by atoms with Crippen LogP contribution >= 0.6 is 0 Å². The number of halogens is 1. The lowest BCUT2D eigenvalue weighted by Gasteiger charge is -2.27. The molecule has 1 saturated heterocycles. The van der Waals surface area contributed by atoms with Crippen LogP contribution in [0.25, 0.3) is 0 Å². The maximum absolute atomic E-state index is 12.9. The molecular weight excluding hydrogens is 291 g/mol. The Morgan fingerprint density at radius 1 is 1.30 bits per heavy atom. The van der Waals surface area contributed by atoms with Gasteiger partial charge in [-0.15, -0.1) is 0 Å². The monoisotopic (exact) mass is 320 g/mol. The van der Waals surface area contributed by atoms with Crippen LogP contribution in [0.4, 0.5) is 4.39 Å². The number of guanidine groups is 1. The molecule has 2 rings (SSSR count). The molecule has 0 aliphatic carbocycles.